The molecule has 0 saturated carbocycles. The molecule has 0 aliphatic rings. The van der Waals surface area contributed by atoms with Crippen molar-refractivity contribution < 1.29 is 27.4 Å². The molecule has 0 saturated heterocycles. The van der Waals surface area contributed by atoms with Crippen LogP contribution in [0, 0.1) is 0 Å². The van der Waals surface area contributed by atoms with E-state index < -0.39 is 18.6 Å². The molecule has 0 aliphatic heterocycles. The Hall–Kier alpha value is -1.21. The first-order valence-electron chi connectivity index (χ1n) is 5.28. The highest BCUT2D eigenvalue weighted by Gasteiger charge is 2.43. The topological polar surface area (TPSA) is 41.5 Å². The molecule has 1 aromatic carbocycles. The molecule has 2 N–H and O–H groups in total. The molecule has 1 unspecified atom stereocenters. The Balaban J connectivity index is 2.57. The van der Waals surface area contributed by atoms with Crippen LogP contribution in [0.2, 0.25) is 0 Å². The fourth-order valence-electron chi connectivity index (χ4n) is 1.13. The Labute approximate surface area is 112 Å². The normalized spacial score (nSPS) is 13.4. The molecule has 0 heterocycles. The van der Waals surface area contributed by atoms with Gasteiger partial charge in [-0.2, -0.15) is 17.6 Å². The van der Waals surface area contributed by atoms with Gasteiger partial charge in [-0.25, -0.2) is 0 Å². The van der Waals surface area contributed by atoms with Crippen molar-refractivity contribution in [3.05, 3.63) is 24.3 Å². The van der Waals surface area contributed by atoms with Crippen LogP contribution in [0.15, 0.2) is 24.3 Å². The molecule has 8 heteroatoms. The molecule has 0 bridgehead atoms. The van der Waals surface area contributed by atoms with E-state index in [4.69, 9.17) is 11.6 Å². The molecule has 1 rings (SSSR count). The van der Waals surface area contributed by atoms with Gasteiger partial charge in [0, 0.05) is 12.2 Å². The minimum Gasteiger partial charge on any atom is -0.428 e. The van der Waals surface area contributed by atoms with Gasteiger partial charge < -0.3 is 15.2 Å². The highest BCUT2D eigenvalue weighted by molar-refractivity contribution is 6.18. The van der Waals surface area contributed by atoms with Crippen LogP contribution in [-0.2, 0) is 0 Å². The van der Waals surface area contributed by atoms with Crippen LogP contribution in [0.25, 0.3) is 0 Å². The number of aliphatic hydroxyl groups excluding tert-OH is 1. The zero-order valence-electron chi connectivity index (χ0n) is 9.62. The second kappa shape index (κ2) is 6.81. The van der Waals surface area contributed by atoms with Gasteiger partial charge in [-0.15, -0.1) is 11.6 Å². The third-order valence-corrected chi connectivity index (χ3v) is 2.44. The smallest absolute Gasteiger partial charge is 0.428 e. The second-order valence-corrected chi connectivity index (χ2v) is 3.99. The van der Waals surface area contributed by atoms with E-state index >= 15 is 0 Å². The minimum atomic E-state index is -4.52. The maximum atomic E-state index is 12.6. The summed E-state index contributed by atoms with van der Waals surface area (Å²) >= 11 is 5.38. The van der Waals surface area contributed by atoms with Gasteiger partial charge in [-0.3, -0.25) is 0 Å². The number of alkyl halides is 5. The first-order valence-corrected chi connectivity index (χ1v) is 5.81. The molecule has 108 valence electrons. The lowest BCUT2D eigenvalue weighted by molar-refractivity contribution is -0.253. The highest BCUT2D eigenvalue weighted by atomic mass is 35.5. The van der Waals surface area contributed by atoms with Gasteiger partial charge in [-0.05, 0) is 24.3 Å². The van der Waals surface area contributed by atoms with Gasteiger partial charge in [0.15, 0.2) is 0 Å². The summed E-state index contributed by atoms with van der Waals surface area (Å²) in [6.07, 6.45) is -9.17. The van der Waals surface area contributed by atoms with Crippen LogP contribution < -0.4 is 10.1 Å². The van der Waals surface area contributed by atoms with Crippen molar-refractivity contribution in [1.82, 2.24) is 0 Å². The van der Waals surface area contributed by atoms with Crippen LogP contribution in [0.1, 0.15) is 0 Å². The van der Waals surface area contributed by atoms with Gasteiger partial charge in [0.05, 0.1) is 12.0 Å². The average molecular weight is 302 g/mol. The predicted molar refractivity (Wildman–Crippen MR) is 63.2 cm³/mol. The highest BCUT2D eigenvalue weighted by Crippen LogP contribution is 2.28. The number of hydrogen-bond acceptors (Lipinski definition) is 3. The Bertz CT molecular complexity index is 389. The maximum Gasteiger partial charge on any atom is 0.461 e. The third-order valence-electron chi connectivity index (χ3n) is 2.08. The summed E-state index contributed by atoms with van der Waals surface area (Å²) in [4.78, 5) is 0. The molecule has 3 nitrogen and oxygen atoms in total. The van der Waals surface area contributed by atoms with E-state index in [1.807, 2.05) is 0 Å². The quantitative estimate of drug-likeness (QED) is 0.601. The summed E-state index contributed by atoms with van der Waals surface area (Å²) in [6, 6.07) is 4.95. The van der Waals surface area contributed by atoms with E-state index in [1.165, 1.54) is 12.1 Å². The van der Waals surface area contributed by atoms with E-state index in [0.29, 0.717) is 5.69 Å². The molecular weight excluding hydrogens is 290 g/mol. The molecule has 0 aromatic heterocycles. The van der Waals surface area contributed by atoms with Crippen LogP contribution in [0.4, 0.5) is 23.2 Å². The van der Waals surface area contributed by atoms with Gasteiger partial charge in [0.25, 0.3) is 0 Å². The molecule has 0 fully saturated rings. The third kappa shape index (κ3) is 5.12. The Morgan fingerprint density at radius 1 is 1.26 bits per heavy atom. The summed E-state index contributed by atoms with van der Waals surface area (Å²) in [5.41, 5.74) is 0.511. The van der Waals surface area contributed by atoms with E-state index in [9.17, 15) is 22.7 Å². The average Bonchev–Trinajstić information content (AvgIpc) is 2.37. The van der Waals surface area contributed by atoms with Crippen LogP contribution in [-0.4, -0.2) is 36.2 Å². The zero-order chi connectivity index (χ0) is 14.5. The van der Waals surface area contributed by atoms with Gasteiger partial charge >= 0.3 is 12.5 Å². The Morgan fingerprint density at radius 2 is 1.84 bits per heavy atom. The number of aliphatic hydroxyl groups is 1. The number of benzene rings is 1. The van der Waals surface area contributed by atoms with Gasteiger partial charge in [0.1, 0.15) is 5.75 Å². The summed E-state index contributed by atoms with van der Waals surface area (Å²) in [5, 5.41) is 12.0. The number of anilines is 1. The maximum absolute atomic E-state index is 12.6. The van der Waals surface area contributed by atoms with Gasteiger partial charge in [0.2, 0.25) is 0 Å². The molecule has 0 amide bonds. The minimum absolute atomic E-state index is 0.0504. The van der Waals surface area contributed by atoms with Gasteiger partial charge in [-0.1, -0.05) is 0 Å². The second-order valence-electron chi connectivity index (χ2n) is 3.68. The van der Waals surface area contributed by atoms with Crippen molar-refractivity contribution in [1.29, 1.82) is 0 Å². The van der Waals surface area contributed by atoms with Crippen molar-refractivity contribution in [2.24, 2.45) is 0 Å². The first-order chi connectivity index (χ1) is 8.85. The van der Waals surface area contributed by atoms with E-state index in [-0.39, 0.29) is 18.2 Å². The van der Waals surface area contributed by atoms with Crippen molar-refractivity contribution in [3.63, 3.8) is 0 Å². The lowest BCUT2D eigenvalue weighted by atomic mass is 10.3. The Morgan fingerprint density at radius 3 is 2.32 bits per heavy atom. The van der Waals surface area contributed by atoms with Crippen LogP contribution >= 0.6 is 11.6 Å². The SMILES string of the molecule is OC(CCl)CNc1ccc(OC(F)(F)C(F)F)cc1. The fourth-order valence-corrected chi connectivity index (χ4v) is 1.24. The number of ether oxygens (including phenoxy) is 1. The number of halogens is 5. The number of rotatable bonds is 7. The summed E-state index contributed by atoms with van der Waals surface area (Å²) in [6.45, 7) is 0.177. The van der Waals surface area contributed by atoms with Crippen molar-refractivity contribution in [2.75, 3.05) is 17.7 Å². The van der Waals surface area contributed by atoms with Crippen LogP contribution in [0.5, 0.6) is 5.75 Å². The van der Waals surface area contributed by atoms with Crippen molar-refractivity contribution in [3.8, 4) is 5.75 Å². The summed E-state index contributed by atoms with van der Waals surface area (Å²) in [5.74, 6) is -0.330. The molecule has 1 atom stereocenters. The van der Waals surface area contributed by atoms with E-state index in [1.54, 1.807) is 0 Å². The molecule has 19 heavy (non-hydrogen) atoms. The fraction of sp³-hybridized carbons (Fsp3) is 0.455. The molecule has 1 aromatic rings. The molecule has 0 spiro atoms. The zero-order valence-corrected chi connectivity index (χ0v) is 10.4. The van der Waals surface area contributed by atoms with E-state index in [2.05, 4.69) is 10.1 Å². The molecule has 0 radical (unpaired) electrons. The standard InChI is InChI=1S/C11H12ClF4NO2/c12-5-8(18)6-17-7-1-3-9(4-2-7)19-11(15,16)10(13)14/h1-4,8,10,17-18H,5-6H2. The largest absolute Gasteiger partial charge is 0.461 e. The van der Waals surface area contributed by atoms with E-state index in [0.717, 1.165) is 12.1 Å². The summed E-state index contributed by atoms with van der Waals surface area (Å²) in [7, 11) is 0. The number of hydrogen-bond donors (Lipinski definition) is 2. The lowest BCUT2D eigenvalue weighted by Gasteiger charge is -2.17. The van der Waals surface area contributed by atoms with Crippen LogP contribution in [0.3, 0.4) is 0 Å². The first kappa shape index (κ1) is 15.8. The van der Waals surface area contributed by atoms with Crippen molar-refractivity contribution in [2.45, 2.75) is 18.6 Å². The Kier molecular flexibility index (Phi) is 5.68. The predicted octanol–water partition coefficient (Wildman–Crippen LogP) is 2.93. The summed E-state index contributed by atoms with van der Waals surface area (Å²) < 4.78 is 52.9. The number of nitrogens with one attached hydrogen (secondary N) is 1. The molecule has 0 aliphatic carbocycles. The molecular formula is C11H12ClF4NO2. The monoisotopic (exact) mass is 301 g/mol. The van der Waals surface area contributed by atoms with Crippen molar-refractivity contribution >= 4 is 17.3 Å². The lowest BCUT2D eigenvalue weighted by Crippen LogP contribution is -2.33.